The third kappa shape index (κ3) is 3.19. The maximum atomic E-state index is 12.3. The van der Waals surface area contributed by atoms with Crippen molar-refractivity contribution in [3.8, 4) is 5.75 Å². The molecule has 0 aliphatic heterocycles. The zero-order valence-electron chi connectivity index (χ0n) is 11.4. The number of hydrogen-bond acceptors (Lipinski definition) is 3. The van der Waals surface area contributed by atoms with Gasteiger partial charge in [0, 0.05) is 29.4 Å². The Kier molecular flexibility index (Phi) is 3.95. The van der Waals surface area contributed by atoms with E-state index in [9.17, 15) is 4.79 Å². The standard InChI is InChI=1S/C16H17NO2/c1-11-4-5-16(19-3)14(8-11)10-15(18)13-6-7-17-12(2)9-13/h4-9H,10H2,1-3H3. The van der Waals surface area contributed by atoms with Crippen LogP contribution in [0.2, 0.25) is 0 Å². The first-order chi connectivity index (χ1) is 9.10. The van der Waals surface area contributed by atoms with Crippen molar-refractivity contribution in [3.63, 3.8) is 0 Å². The maximum absolute atomic E-state index is 12.3. The van der Waals surface area contributed by atoms with Gasteiger partial charge in [-0.15, -0.1) is 0 Å². The van der Waals surface area contributed by atoms with Crippen molar-refractivity contribution in [1.29, 1.82) is 0 Å². The summed E-state index contributed by atoms with van der Waals surface area (Å²) in [4.78, 5) is 16.4. The van der Waals surface area contributed by atoms with Crippen LogP contribution in [0.15, 0.2) is 36.5 Å². The van der Waals surface area contributed by atoms with Crippen LogP contribution in [0.1, 0.15) is 27.2 Å². The molecule has 0 aliphatic rings. The van der Waals surface area contributed by atoms with Gasteiger partial charge in [0.15, 0.2) is 5.78 Å². The van der Waals surface area contributed by atoms with Gasteiger partial charge < -0.3 is 4.74 Å². The highest BCUT2D eigenvalue weighted by atomic mass is 16.5. The Morgan fingerprint density at radius 2 is 2.00 bits per heavy atom. The average molecular weight is 255 g/mol. The van der Waals surface area contributed by atoms with Crippen molar-refractivity contribution in [2.45, 2.75) is 20.3 Å². The van der Waals surface area contributed by atoms with Crippen molar-refractivity contribution < 1.29 is 9.53 Å². The fourth-order valence-electron chi connectivity index (χ4n) is 2.04. The van der Waals surface area contributed by atoms with E-state index in [1.807, 2.05) is 38.1 Å². The van der Waals surface area contributed by atoms with Gasteiger partial charge in [-0.3, -0.25) is 9.78 Å². The number of methoxy groups -OCH3 is 1. The minimum absolute atomic E-state index is 0.0781. The number of pyridine rings is 1. The number of rotatable bonds is 4. The minimum atomic E-state index is 0.0781. The topological polar surface area (TPSA) is 39.2 Å². The Balaban J connectivity index is 2.26. The molecule has 0 radical (unpaired) electrons. The average Bonchev–Trinajstić information content (AvgIpc) is 2.39. The van der Waals surface area contributed by atoms with Gasteiger partial charge in [-0.2, -0.15) is 0 Å². The van der Waals surface area contributed by atoms with E-state index >= 15 is 0 Å². The first-order valence-corrected chi connectivity index (χ1v) is 6.19. The molecule has 2 aromatic rings. The van der Waals surface area contributed by atoms with Crippen LogP contribution in [0, 0.1) is 13.8 Å². The van der Waals surface area contributed by atoms with Crippen molar-refractivity contribution in [2.24, 2.45) is 0 Å². The van der Waals surface area contributed by atoms with Gasteiger partial charge in [-0.1, -0.05) is 17.7 Å². The number of aromatic nitrogens is 1. The Labute approximate surface area is 113 Å². The molecule has 1 aromatic carbocycles. The number of ketones is 1. The van der Waals surface area contributed by atoms with Crippen molar-refractivity contribution in [2.75, 3.05) is 7.11 Å². The number of aryl methyl sites for hydroxylation is 2. The van der Waals surface area contributed by atoms with Gasteiger partial charge in [0.2, 0.25) is 0 Å². The molecule has 19 heavy (non-hydrogen) atoms. The molecule has 0 N–H and O–H groups in total. The highest BCUT2D eigenvalue weighted by Crippen LogP contribution is 2.21. The first kappa shape index (κ1) is 13.3. The summed E-state index contributed by atoms with van der Waals surface area (Å²) in [5.41, 5.74) is 3.58. The molecule has 1 aromatic heterocycles. The zero-order chi connectivity index (χ0) is 13.8. The molecule has 3 heteroatoms. The lowest BCUT2D eigenvalue weighted by molar-refractivity contribution is 0.0992. The van der Waals surface area contributed by atoms with Gasteiger partial charge in [-0.25, -0.2) is 0 Å². The second-order valence-electron chi connectivity index (χ2n) is 4.60. The zero-order valence-corrected chi connectivity index (χ0v) is 11.4. The van der Waals surface area contributed by atoms with Gasteiger partial charge in [0.05, 0.1) is 7.11 Å². The van der Waals surface area contributed by atoms with Gasteiger partial charge >= 0.3 is 0 Å². The van der Waals surface area contributed by atoms with Crippen molar-refractivity contribution >= 4 is 5.78 Å². The van der Waals surface area contributed by atoms with Crippen LogP contribution in [0.4, 0.5) is 0 Å². The van der Waals surface area contributed by atoms with E-state index in [-0.39, 0.29) is 5.78 Å². The minimum Gasteiger partial charge on any atom is -0.496 e. The predicted octanol–water partition coefficient (Wildman–Crippen LogP) is 3.13. The summed E-state index contributed by atoms with van der Waals surface area (Å²) in [6, 6.07) is 9.42. The quantitative estimate of drug-likeness (QED) is 0.788. The van der Waals surface area contributed by atoms with E-state index in [2.05, 4.69) is 4.98 Å². The Morgan fingerprint density at radius 1 is 1.21 bits per heavy atom. The molecule has 0 atom stereocenters. The third-order valence-corrected chi connectivity index (χ3v) is 3.01. The van der Waals surface area contributed by atoms with Crippen molar-refractivity contribution in [3.05, 3.63) is 58.9 Å². The van der Waals surface area contributed by atoms with Crippen LogP contribution >= 0.6 is 0 Å². The Hall–Kier alpha value is -2.16. The lowest BCUT2D eigenvalue weighted by Gasteiger charge is -2.09. The molecule has 2 rings (SSSR count). The van der Waals surface area contributed by atoms with E-state index in [1.54, 1.807) is 19.4 Å². The Bertz CT molecular complexity index is 605. The molecule has 0 spiro atoms. The monoisotopic (exact) mass is 255 g/mol. The molecule has 0 amide bonds. The summed E-state index contributed by atoms with van der Waals surface area (Å²) >= 11 is 0. The molecule has 0 fully saturated rings. The van der Waals surface area contributed by atoms with E-state index in [1.165, 1.54) is 0 Å². The summed E-state index contributed by atoms with van der Waals surface area (Å²) in [5.74, 6) is 0.833. The number of Topliss-reactive ketones (excluding diaryl/α,β-unsaturated/α-hetero) is 1. The normalized spacial score (nSPS) is 10.3. The van der Waals surface area contributed by atoms with E-state index < -0.39 is 0 Å². The van der Waals surface area contributed by atoms with E-state index in [0.717, 1.165) is 22.6 Å². The number of benzene rings is 1. The summed E-state index contributed by atoms with van der Waals surface area (Å²) < 4.78 is 5.30. The lowest BCUT2D eigenvalue weighted by atomic mass is 10.0. The van der Waals surface area contributed by atoms with Crippen LogP contribution in [-0.2, 0) is 6.42 Å². The SMILES string of the molecule is COc1ccc(C)cc1CC(=O)c1ccnc(C)c1. The van der Waals surface area contributed by atoms with E-state index in [4.69, 9.17) is 4.74 Å². The summed E-state index contributed by atoms with van der Waals surface area (Å²) in [6.07, 6.45) is 2.00. The summed E-state index contributed by atoms with van der Waals surface area (Å²) in [6.45, 7) is 3.88. The summed E-state index contributed by atoms with van der Waals surface area (Å²) in [7, 11) is 1.62. The highest BCUT2D eigenvalue weighted by Gasteiger charge is 2.11. The lowest BCUT2D eigenvalue weighted by Crippen LogP contribution is -2.06. The highest BCUT2D eigenvalue weighted by molar-refractivity contribution is 5.97. The fourth-order valence-corrected chi connectivity index (χ4v) is 2.04. The second-order valence-corrected chi connectivity index (χ2v) is 4.60. The van der Waals surface area contributed by atoms with Crippen LogP contribution < -0.4 is 4.74 Å². The molecule has 1 heterocycles. The van der Waals surface area contributed by atoms with Crippen LogP contribution in [0.5, 0.6) is 5.75 Å². The number of nitrogens with zero attached hydrogens (tertiary/aromatic N) is 1. The second kappa shape index (κ2) is 5.65. The van der Waals surface area contributed by atoms with Gasteiger partial charge in [0.25, 0.3) is 0 Å². The van der Waals surface area contributed by atoms with Gasteiger partial charge in [-0.05, 0) is 32.0 Å². The molecule has 0 saturated heterocycles. The molecular weight excluding hydrogens is 238 g/mol. The largest absolute Gasteiger partial charge is 0.496 e. The number of ether oxygens (including phenoxy) is 1. The third-order valence-electron chi connectivity index (χ3n) is 3.01. The van der Waals surface area contributed by atoms with E-state index in [0.29, 0.717) is 12.0 Å². The van der Waals surface area contributed by atoms with Crippen LogP contribution in [-0.4, -0.2) is 17.9 Å². The smallest absolute Gasteiger partial charge is 0.167 e. The molecule has 0 saturated carbocycles. The van der Waals surface area contributed by atoms with Crippen LogP contribution in [0.25, 0.3) is 0 Å². The fraction of sp³-hybridized carbons (Fsp3) is 0.250. The maximum Gasteiger partial charge on any atom is 0.167 e. The van der Waals surface area contributed by atoms with Crippen molar-refractivity contribution in [1.82, 2.24) is 4.98 Å². The number of carbonyl (C=O) groups is 1. The van der Waals surface area contributed by atoms with Crippen LogP contribution in [0.3, 0.4) is 0 Å². The van der Waals surface area contributed by atoms with Gasteiger partial charge in [0.1, 0.15) is 5.75 Å². The predicted molar refractivity (Wildman–Crippen MR) is 74.7 cm³/mol. The number of hydrogen-bond donors (Lipinski definition) is 0. The molecular formula is C16H17NO2. The molecule has 0 bridgehead atoms. The first-order valence-electron chi connectivity index (χ1n) is 6.19. The molecule has 3 nitrogen and oxygen atoms in total. The Morgan fingerprint density at radius 3 is 2.68 bits per heavy atom. The summed E-state index contributed by atoms with van der Waals surface area (Å²) in [5, 5.41) is 0. The molecule has 0 unspecified atom stereocenters. The number of carbonyl (C=O) groups excluding carboxylic acids is 1. The molecule has 98 valence electrons. The molecule has 0 aliphatic carbocycles.